The first-order valence-electron chi connectivity index (χ1n) is 6.80. The molecule has 0 spiro atoms. The van der Waals surface area contributed by atoms with Gasteiger partial charge in [-0.2, -0.15) is 0 Å². The largest absolute Gasteiger partial charge is 0.382 e. The van der Waals surface area contributed by atoms with E-state index in [-0.39, 0.29) is 0 Å². The molecule has 1 heterocycles. The van der Waals surface area contributed by atoms with Crippen LogP contribution in [-0.2, 0) is 6.54 Å². The number of nitrogens with zero attached hydrogens (tertiary/aromatic N) is 3. The first-order valence-corrected chi connectivity index (χ1v) is 7.56. The molecule has 0 aliphatic carbocycles. The molecule has 0 bridgehead atoms. The van der Waals surface area contributed by atoms with Gasteiger partial charge in [0.1, 0.15) is 0 Å². The van der Waals surface area contributed by atoms with Crippen molar-refractivity contribution in [3.05, 3.63) is 52.3 Å². The van der Waals surface area contributed by atoms with Crippen molar-refractivity contribution < 1.29 is 0 Å². The zero-order valence-electron chi connectivity index (χ0n) is 11.9. The zero-order valence-corrected chi connectivity index (χ0v) is 13.4. The van der Waals surface area contributed by atoms with Crippen LogP contribution in [0, 0.1) is 0 Å². The number of hydrogen-bond donors (Lipinski definition) is 1. The predicted octanol–water partition coefficient (Wildman–Crippen LogP) is 3.72. The highest BCUT2D eigenvalue weighted by Crippen LogP contribution is 2.20. The monoisotopic (exact) mass is 324 g/mol. The second-order valence-corrected chi connectivity index (χ2v) is 5.62. The smallest absolute Gasteiger partial charge is 0.174 e. The molecular weight excluding hydrogens is 307 g/mol. The van der Waals surface area contributed by atoms with E-state index in [0.29, 0.717) is 10.3 Å². The third-order valence-electron chi connectivity index (χ3n) is 3.05. The quantitative estimate of drug-likeness (QED) is 0.788. The first kappa shape index (κ1) is 16.0. The summed E-state index contributed by atoms with van der Waals surface area (Å²) in [4.78, 5) is 2.29. The molecule has 2 rings (SSSR count). The molecule has 4 nitrogen and oxygen atoms in total. The van der Waals surface area contributed by atoms with Crippen molar-refractivity contribution in [2.75, 3.05) is 25.5 Å². The Bertz CT molecular complexity index is 563. The highest BCUT2D eigenvalue weighted by molar-refractivity contribution is 6.33. The van der Waals surface area contributed by atoms with Gasteiger partial charge in [-0.3, -0.25) is 0 Å². The van der Waals surface area contributed by atoms with Gasteiger partial charge in [-0.25, -0.2) is 0 Å². The van der Waals surface area contributed by atoms with Crippen LogP contribution in [-0.4, -0.2) is 35.2 Å². The molecule has 0 fully saturated rings. The minimum Gasteiger partial charge on any atom is -0.382 e. The van der Waals surface area contributed by atoms with Gasteiger partial charge in [-0.05, 0) is 25.6 Å². The van der Waals surface area contributed by atoms with Gasteiger partial charge in [0.2, 0.25) is 0 Å². The molecule has 6 heteroatoms. The Balaban J connectivity index is 1.71. The summed E-state index contributed by atoms with van der Waals surface area (Å²) in [5, 5.41) is 11.3. The van der Waals surface area contributed by atoms with Crippen LogP contribution in [0.3, 0.4) is 0 Å². The minimum absolute atomic E-state index is 0.336. The Morgan fingerprint density at radius 1 is 1.14 bits per heavy atom. The van der Waals surface area contributed by atoms with Gasteiger partial charge < -0.3 is 10.2 Å². The van der Waals surface area contributed by atoms with Crippen LogP contribution in [0.15, 0.2) is 36.4 Å². The molecule has 112 valence electrons. The lowest BCUT2D eigenvalue weighted by Gasteiger charge is -2.17. The van der Waals surface area contributed by atoms with Crippen LogP contribution >= 0.6 is 23.2 Å². The van der Waals surface area contributed by atoms with Gasteiger partial charge in [0.15, 0.2) is 10.3 Å². The minimum atomic E-state index is 0.336. The maximum Gasteiger partial charge on any atom is 0.174 e. The average Bonchev–Trinajstić information content (AvgIpc) is 2.48. The van der Waals surface area contributed by atoms with Crippen molar-refractivity contribution in [2.45, 2.75) is 13.0 Å². The number of anilines is 1. The maximum atomic E-state index is 5.94. The maximum absolute atomic E-state index is 5.94. The second kappa shape index (κ2) is 8.17. The van der Waals surface area contributed by atoms with E-state index in [1.54, 1.807) is 6.07 Å². The molecule has 1 aromatic carbocycles. The fourth-order valence-corrected chi connectivity index (χ4v) is 2.33. The van der Waals surface area contributed by atoms with Crippen LogP contribution in [0.2, 0.25) is 10.3 Å². The van der Waals surface area contributed by atoms with Gasteiger partial charge in [-0.15, -0.1) is 10.2 Å². The van der Waals surface area contributed by atoms with Gasteiger partial charge in [0.05, 0.1) is 5.69 Å². The molecule has 0 radical (unpaired) electrons. The summed E-state index contributed by atoms with van der Waals surface area (Å²) >= 11 is 11.7. The number of rotatable bonds is 7. The summed E-state index contributed by atoms with van der Waals surface area (Å²) < 4.78 is 0. The van der Waals surface area contributed by atoms with Crippen molar-refractivity contribution in [2.24, 2.45) is 0 Å². The average molecular weight is 325 g/mol. The highest BCUT2D eigenvalue weighted by Gasteiger charge is 2.04. The van der Waals surface area contributed by atoms with Crippen molar-refractivity contribution in [3.8, 4) is 0 Å². The fourth-order valence-electron chi connectivity index (χ4n) is 2.02. The van der Waals surface area contributed by atoms with Crippen LogP contribution in [0.1, 0.15) is 12.0 Å². The summed E-state index contributed by atoms with van der Waals surface area (Å²) in [5.74, 6) is 0. The number of aromatic nitrogens is 2. The Kier molecular flexibility index (Phi) is 6.23. The van der Waals surface area contributed by atoms with Crippen LogP contribution in [0.5, 0.6) is 0 Å². The Labute approximate surface area is 135 Å². The molecule has 0 amide bonds. The fraction of sp³-hybridized carbons (Fsp3) is 0.333. The number of hydrogen-bond acceptors (Lipinski definition) is 4. The van der Waals surface area contributed by atoms with E-state index in [1.165, 1.54) is 5.56 Å². The lowest BCUT2D eigenvalue weighted by molar-refractivity contribution is 0.325. The SMILES string of the molecule is CN(CCCNc1cc(Cl)nnc1Cl)Cc1ccccc1. The molecule has 1 aromatic heterocycles. The Morgan fingerprint density at radius 2 is 1.90 bits per heavy atom. The molecule has 21 heavy (non-hydrogen) atoms. The van der Waals surface area contributed by atoms with Gasteiger partial charge in [-0.1, -0.05) is 53.5 Å². The first-order chi connectivity index (χ1) is 10.1. The topological polar surface area (TPSA) is 41.0 Å². The third kappa shape index (κ3) is 5.50. The third-order valence-corrected chi connectivity index (χ3v) is 3.51. The van der Waals surface area contributed by atoms with Crippen molar-refractivity contribution in [3.63, 3.8) is 0 Å². The molecule has 0 saturated heterocycles. The van der Waals surface area contributed by atoms with Gasteiger partial charge in [0.25, 0.3) is 0 Å². The number of nitrogens with one attached hydrogen (secondary N) is 1. The predicted molar refractivity (Wildman–Crippen MR) is 87.9 cm³/mol. The van der Waals surface area contributed by atoms with Gasteiger partial charge >= 0.3 is 0 Å². The van der Waals surface area contributed by atoms with Crippen molar-refractivity contribution in [1.82, 2.24) is 15.1 Å². The van der Waals surface area contributed by atoms with Crippen molar-refractivity contribution in [1.29, 1.82) is 0 Å². The standard InChI is InChI=1S/C15H18Cl2N4/c1-21(11-12-6-3-2-4-7-12)9-5-8-18-13-10-14(16)19-20-15(13)17/h2-4,6-7,10H,5,8-9,11H2,1H3,(H,18,19). The summed E-state index contributed by atoms with van der Waals surface area (Å²) in [7, 11) is 2.12. The highest BCUT2D eigenvalue weighted by atomic mass is 35.5. The Morgan fingerprint density at radius 3 is 2.67 bits per heavy atom. The molecular formula is C15H18Cl2N4. The van der Waals surface area contributed by atoms with E-state index in [0.717, 1.165) is 31.7 Å². The molecule has 1 N–H and O–H groups in total. The molecule has 2 aromatic rings. The van der Waals surface area contributed by atoms with Crippen LogP contribution in [0.25, 0.3) is 0 Å². The Hall–Kier alpha value is -1.36. The van der Waals surface area contributed by atoms with E-state index in [9.17, 15) is 0 Å². The van der Waals surface area contributed by atoms with Crippen molar-refractivity contribution >= 4 is 28.9 Å². The molecule has 0 aliphatic rings. The molecule has 0 saturated carbocycles. The summed E-state index contributed by atoms with van der Waals surface area (Å²) in [6.07, 6.45) is 1.000. The molecule has 0 atom stereocenters. The summed E-state index contributed by atoms with van der Waals surface area (Å²) in [6.45, 7) is 2.75. The van der Waals surface area contributed by atoms with E-state index < -0.39 is 0 Å². The second-order valence-electron chi connectivity index (χ2n) is 4.88. The molecule has 0 unspecified atom stereocenters. The van der Waals surface area contributed by atoms with E-state index in [1.807, 2.05) is 6.07 Å². The van der Waals surface area contributed by atoms with Crippen LogP contribution in [0.4, 0.5) is 5.69 Å². The van der Waals surface area contributed by atoms with E-state index in [2.05, 4.69) is 51.7 Å². The number of halogens is 2. The van der Waals surface area contributed by atoms with Gasteiger partial charge in [0, 0.05) is 19.2 Å². The summed E-state index contributed by atoms with van der Waals surface area (Å²) in [6, 6.07) is 12.1. The van der Waals surface area contributed by atoms with E-state index >= 15 is 0 Å². The lowest BCUT2D eigenvalue weighted by Crippen LogP contribution is -2.21. The zero-order chi connectivity index (χ0) is 15.1. The van der Waals surface area contributed by atoms with Crippen LogP contribution < -0.4 is 5.32 Å². The lowest BCUT2D eigenvalue weighted by atomic mass is 10.2. The van der Waals surface area contributed by atoms with E-state index in [4.69, 9.17) is 23.2 Å². The summed E-state index contributed by atoms with van der Waals surface area (Å²) in [5.41, 5.74) is 2.04. The normalized spacial score (nSPS) is 10.9. The molecule has 0 aliphatic heterocycles. The number of benzene rings is 1.